The standard InChI is InChI=1S/C9H9Cl2NO/c1-7-3-5-12-9(11)8(7)13-6-2-4-10/h2-5H,6H2,1H3/b4-2+. The molecule has 4 heteroatoms. The van der Waals surface area contributed by atoms with E-state index in [1.54, 1.807) is 12.3 Å². The van der Waals surface area contributed by atoms with E-state index in [-0.39, 0.29) is 0 Å². The molecule has 2 nitrogen and oxygen atoms in total. The van der Waals surface area contributed by atoms with Gasteiger partial charge in [-0.15, -0.1) is 0 Å². The molecule has 0 radical (unpaired) electrons. The minimum Gasteiger partial charge on any atom is -0.486 e. The summed E-state index contributed by atoms with van der Waals surface area (Å²) >= 11 is 11.2. The number of halogens is 2. The van der Waals surface area contributed by atoms with Crippen LogP contribution in [0.3, 0.4) is 0 Å². The molecule has 70 valence electrons. The Hall–Kier alpha value is -0.730. The first-order valence-corrected chi connectivity index (χ1v) is 4.56. The monoisotopic (exact) mass is 217 g/mol. The second-order valence-electron chi connectivity index (χ2n) is 2.42. The van der Waals surface area contributed by atoms with E-state index >= 15 is 0 Å². The molecule has 0 bridgehead atoms. The molecule has 0 fully saturated rings. The Morgan fingerprint density at radius 3 is 3.00 bits per heavy atom. The van der Waals surface area contributed by atoms with E-state index in [0.717, 1.165) is 5.56 Å². The lowest BCUT2D eigenvalue weighted by Gasteiger charge is -2.07. The van der Waals surface area contributed by atoms with Gasteiger partial charge in [-0.2, -0.15) is 0 Å². The molecule has 1 aromatic rings. The molecule has 13 heavy (non-hydrogen) atoms. The van der Waals surface area contributed by atoms with Crippen LogP contribution < -0.4 is 4.74 Å². The number of ether oxygens (including phenoxy) is 1. The van der Waals surface area contributed by atoms with Gasteiger partial charge in [-0.25, -0.2) is 4.98 Å². The molecule has 0 aromatic carbocycles. The van der Waals surface area contributed by atoms with Gasteiger partial charge < -0.3 is 4.74 Å². The molecule has 0 spiro atoms. The van der Waals surface area contributed by atoms with E-state index < -0.39 is 0 Å². The lowest BCUT2D eigenvalue weighted by atomic mass is 10.3. The van der Waals surface area contributed by atoms with Gasteiger partial charge in [-0.3, -0.25) is 0 Å². The van der Waals surface area contributed by atoms with Crippen LogP contribution in [0.5, 0.6) is 5.75 Å². The van der Waals surface area contributed by atoms with Gasteiger partial charge in [-0.05, 0) is 24.6 Å². The Morgan fingerprint density at radius 1 is 1.62 bits per heavy atom. The minimum atomic E-state index is 0.378. The summed E-state index contributed by atoms with van der Waals surface area (Å²) in [5, 5.41) is 0.378. The maximum atomic E-state index is 5.82. The third-order valence-corrected chi connectivity index (χ3v) is 1.92. The summed E-state index contributed by atoms with van der Waals surface area (Å²) < 4.78 is 5.34. The smallest absolute Gasteiger partial charge is 0.171 e. The van der Waals surface area contributed by atoms with Crippen molar-refractivity contribution in [3.8, 4) is 5.75 Å². The molecule has 0 saturated heterocycles. The number of nitrogens with zero attached hydrogens (tertiary/aromatic N) is 1. The van der Waals surface area contributed by atoms with E-state index in [0.29, 0.717) is 17.5 Å². The average Bonchev–Trinajstić information content (AvgIpc) is 2.10. The van der Waals surface area contributed by atoms with Crippen LogP contribution in [0.15, 0.2) is 23.9 Å². The maximum absolute atomic E-state index is 5.82. The summed E-state index contributed by atoms with van der Waals surface area (Å²) in [6.45, 7) is 2.31. The molecule has 1 aromatic heterocycles. The molecule has 1 heterocycles. The summed E-state index contributed by atoms with van der Waals surface area (Å²) in [7, 11) is 0. The third kappa shape index (κ3) is 2.90. The SMILES string of the molecule is Cc1ccnc(Cl)c1OC/C=C/Cl. The van der Waals surface area contributed by atoms with Crippen molar-refractivity contribution in [2.45, 2.75) is 6.92 Å². The van der Waals surface area contributed by atoms with Gasteiger partial charge in [0.15, 0.2) is 10.9 Å². The molecule has 0 aliphatic rings. The average molecular weight is 218 g/mol. The summed E-state index contributed by atoms with van der Waals surface area (Å²) in [6.07, 6.45) is 3.33. The van der Waals surface area contributed by atoms with Gasteiger partial charge in [0, 0.05) is 11.7 Å². The van der Waals surface area contributed by atoms with E-state index in [4.69, 9.17) is 27.9 Å². The van der Waals surface area contributed by atoms with Crippen LogP contribution in [0.1, 0.15) is 5.56 Å². The summed E-state index contributed by atoms with van der Waals surface area (Å²) in [4.78, 5) is 3.90. The molecule has 0 atom stereocenters. The van der Waals surface area contributed by atoms with Crippen LogP contribution in [-0.2, 0) is 0 Å². The predicted molar refractivity (Wildman–Crippen MR) is 54.5 cm³/mol. The highest BCUT2D eigenvalue weighted by atomic mass is 35.5. The molecule has 1 rings (SSSR count). The van der Waals surface area contributed by atoms with Crippen molar-refractivity contribution in [1.82, 2.24) is 4.98 Å². The fraction of sp³-hybridized carbons (Fsp3) is 0.222. The Bertz CT molecular complexity index is 292. The first-order chi connectivity index (χ1) is 6.25. The van der Waals surface area contributed by atoms with Crippen LogP contribution in [0.4, 0.5) is 0 Å². The molecule has 0 saturated carbocycles. The van der Waals surface area contributed by atoms with Gasteiger partial charge in [-0.1, -0.05) is 23.2 Å². The van der Waals surface area contributed by atoms with E-state index in [2.05, 4.69) is 4.98 Å². The van der Waals surface area contributed by atoms with E-state index in [1.807, 2.05) is 13.0 Å². The number of rotatable bonds is 3. The molecule has 0 N–H and O–H groups in total. The highest BCUT2D eigenvalue weighted by molar-refractivity contribution is 6.30. The van der Waals surface area contributed by atoms with Crippen LogP contribution in [0, 0.1) is 6.92 Å². The predicted octanol–water partition coefficient (Wildman–Crippen LogP) is 3.17. The first-order valence-electron chi connectivity index (χ1n) is 3.75. The zero-order valence-electron chi connectivity index (χ0n) is 7.13. The molecular formula is C9H9Cl2NO. The molecule has 0 aliphatic heterocycles. The fourth-order valence-electron chi connectivity index (χ4n) is 0.853. The minimum absolute atomic E-state index is 0.378. The zero-order valence-corrected chi connectivity index (χ0v) is 8.64. The van der Waals surface area contributed by atoms with Crippen LogP contribution >= 0.6 is 23.2 Å². The Labute approximate surface area is 87.1 Å². The normalized spacial score (nSPS) is 10.7. The number of aryl methyl sites for hydroxylation is 1. The summed E-state index contributed by atoms with van der Waals surface area (Å²) in [5.41, 5.74) is 2.36. The van der Waals surface area contributed by atoms with Crippen molar-refractivity contribution in [3.63, 3.8) is 0 Å². The highest BCUT2D eigenvalue weighted by Crippen LogP contribution is 2.25. The van der Waals surface area contributed by atoms with Crippen molar-refractivity contribution in [3.05, 3.63) is 34.6 Å². The highest BCUT2D eigenvalue weighted by Gasteiger charge is 2.04. The third-order valence-electron chi connectivity index (χ3n) is 1.47. The summed E-state index contributed by atoms with van der Waals surface area (Å²) in [5.74, 6) is 0.610. The summed E-state index contributed by atoms with van der Waals surface area (Å²) in [6, 6.07) is 1.84. The Balaban J connectivity index is 2.75. The van der Waals surface area contributed by atoms with Gasteiger partial charge in [0.25, 0.3) is 0 Å². The molecular weight excluding hydrogens is 209 g/mol. The number of hydrogen-bond donors (Lipinski definition) is 0. The van der Waals surface area contributed by atoms with E-state index in [9.17, 15) is 0 Å². The van der Waals surface area contributed by atoms with Crippen molar-refractivity contribution in [2.24, 2.45) is 0 Å². The quantitative estimate of drug-likeness (QED) is 0.727. The Kier molecular flexibility index (Phi) is 4.06. The fourth-order valence-corrected chi connectivity index (χ4v) is 1.19. The number of pyridine rings is 1. The second kappa shape index (κ2) is 5.10. The number of aromatic nitrogens is 1. The van der Waals surface area contributed by atoms with Crippen molar-refractivity contribution in [2.75, 3.05) is 6.61 Å². The van der Waals surface area contributed by atoms with Crippen molar-refractivity contribution >= 4 is 23.2 Å². The first kappa shape index (κ1) is 10.4. The van der Waals surface area contributed by atoms with Crippen molar-refractivity contribution in [1.29, 1.82) is 0 Å². The Morgan fingerprint density at radius 2 is 2.38 bits per heavy atom. The number of hydrogen-bond acceptors (Lipinski definition) is 2. The van der Waals surface area contributed by atoms with Crippen LogP contribution in [0.2, 0.25) is 5.15 Å². The topological polar surface area (TPSA) is 22.1 Å². The maximum Gasteiger partial charge on any atom is 0.171 e. The molecule has 0 amide bonds. The van der Waals surface area contributed by atoms with Gasteiger partial charge in [0.05, 0.1) is 0 Å². The van der Waals surface area contributed by atoms with Crippen LogP contribution in [-0.4, -0.2) is 11.6 Å². The van der Waals surface area contributed by atoms with Gasteiger partial charge in [0.1, 0.15) is 6.61 Å². The van der Waals surface area contributed by atoms with Crippen LogP contribution in [0.25, 0.3) is 0 Å². The molecule has 0 aliphatic carbocycles. The second-order valence-corrected chi connectivity index (χ2v) is 3.03. The van der Waals surface area contributed by atoms with Gasteiger partial charge in [0.2, 0.25) is 0 Å². The lowest BCUT2D eigenvalue weighted by Crippen LogP contribution is -1.97. The molecule has 0 unspecified atom stereocenters. The zero-order chi connectivity index (χ0) is 9.68. The van der Waals surface area contributed by atoms with E-state index in [1.165, 1.54) is 5.54 Å². The van der Waals surface area contributed by atoms with Crippen molar-refractivity contribution < 1.29 is 4.74 Å². The van der Waals surface area contributed by atoms with Gasteiger partial charge >= 0.3 is 0 Å². The largest absolute Gasteiger partial charge is 0.486 e. The lowest BCUT2D eigenvalue weighted by molar-refractivity contribution is 0.359.